The highest BCUT2D eigenvalue weighted by Crippen LogP contribution is 2.25. The Bertz CT molecular complexity index is 1430. The summed E-state index contributed by atoms with van der Waals surface area (Å²) in [5, 5.41) is 4.30. The maximum absolute atomic E-state index is 12.6. The molecule has 0 aliphatic rings. The molecule has 0 spiro atoms. The summed E-state index contributed by atoms with van der Waals surface area (Å²) in [4.78, 5) is 25.1. The standard InChI is InChI=1S/C29H22BrClN2O4/c1-19(36-24-14-11-21(12-15-24)20-7-3-2-4-8-20)28(34)33-32-18-22-17-23(30)13-16-27(22)37-29(35)25-9-5-6-10-26(25)31/h2-19H,1H3,(H,33,34)/b32-18+. The van der Waals surface area contributed by atoms with Gasteiger partial charge in [0, 0.05) is 10.0 Å². The van der Waals surface area contributed by atoms with Crippen molar-refractivity contribution in [2.75, 3.05) is 0 Å². The number of esters is 1. The average Bonchev–Trinajstić information content (AvgIpc) is 2.91. The molecule has 0 aromatic heterocycles. The zero-order valence-corrected chi connectivity index (χ0v) is 22.1. The monoisotopic (exact) mass is 576 g/mol. The van der Waals surface area contributed by atoms with Gasteiger partial charge in [-0.15, -0.1) is 0 Å². The summed E-state index contributed by atoms with van der Waals surface area (Å²) in [5.41, 5.74) is 5.32. The minimum atomic E-state index is -0.792. The minimum Gasteiger partial charge on any atom is -0.481 e. The van der Waals surface area contributed by atoms with Crippen LogP contribution in [0.15, 0.2) is 107 Å². The van der Waals surface area contributed by atoms with Crippen molar-refractivity contribution in [3.63, 3.8) is 0 Å². The number of carbonyl (C=O) groups is 2. The molecule has 6 nitrogen and oxygen atoms in total. The van der Waals surface area contributed by atoms with Crippen LogP contribution < -0.4 is 14.9 Å². The molecule has 1 unspecified atom stereocenters. The van der Waals surface area contributed by atoms with Crippen LogP contribution in [0, 0.1) is 0 Å². The number of carbonyl (C=O) groups excluding carboxylic acids is 2. The van der Waals surface area contributed by atoms with Crippen molar-refractivity contribution in [3.8, 4) is 22.6 Å². The van der Waals surface area contributed by atoms with Crippen molar-refractivity contribution in [2.24, 2.45) is 5.10 Å². The Balaban J connectivity index is 1.37. The van der Waals surface area contributed by atoms with Crippen LogP contribution in [0.5, 0.6) is 11.5 Å². The van der Waals surface area contributed by atoms with Gasteiger partial charge in [0.1, 0.15) is 11.5 Å². The number of rotatable bonds is 8. The van der Waals surface area contributed by atoms with Crippen molar-refractivity contribution in [1.29, 1.82) is 0 Å². The Hall–Kier alpha value is -3.94. The molecule has 0 fully saturated rings. The van der Waals surface area contributed by atoms with Crippen LogP contribution in [0.1, 0.15) is 22.8 Å². The first-order valence-electron chi connectivity index (χ1n) is 11.3. The summed E-state index contributed by atoms with van der Waals surface area (Å²) in [5.74, 6) is -0.221. The average molecular weight is 578 g/mol. The molecule has 8 heteroatoms. The molecule has 0 heterocycles. The Labute approximate surface area is 228 Å². The zero-order chi connectivity index (χ0) is 26.2. The lowest BCUT2D eigenvalue weighted by molar-refractivity contribution is -0.127. The molecule has 0 aliphatic carbocycles. The molecule has 4 rings (SSSR count). The Morgan fingerprint density at radius 1 is 0.919 bits per heavy atom. The Morgan fingerprint density at radius 2 is 1.59 bits per heavy atom. The molecule has 4 aromatic carbocycles. The van der Waals surface area contributed by atoms with Crippen molar-refractivity contribution < 1.29 is 19.1 Å². The van der Waals surface area contributed by atoms with E-state index < -0.39 is 18.0 Å². The fraction of sp³-hybridized carbons (Fsp3) is 0.0690. The van der Waals surface area contributed by atoms with Gasteiger partial charge in [0.2, 0.25) is 0 Å². The van der Waals surface area contributed by atoms with Crippen LogP contribution in [-0.4, -0.2) is 24.2 Å². The van der Waals surface area contributed by atoms with Gasteiger partial charge in [-0.3, -0.25) is 4.79 Å². The second kappa shape index (κ2) is 12.3. The Morgan fingerprint density at radius 3 is 2.32 bits per heavy atom. The number of amides is 1. The predicted octanol–water partition coefficient (Wildman–Crippen LogP) is 6.91. The SMILES string of the molecule is CC(Oc1ccc(-c2ccccc2)cc1)C(=O)N/N=C/c1cc(Br)ccc1OC(=O)c1ccccc1Cl. The topological polar surface area (TPSA) is 77.0 Å². The summed E-state index contributed by atoms with van der Waals surface area (Å²) in [7, 11) is 0. The van der Waals surface area contributed by atoms with E-state index in [0.717, 1.165) is 15.6 Å². The largest absolute Gasteiger partial charge is 0.481 e. The molecule has 1 N–H and O–H groups in total. The molecule has 186 valence electrons. The number of benzene rings is 4. The number of nitrogens with zero attached hydrogens (tertiary/aromatic N) is 1. The molecular formula is C29H22BrClN2O4. The van der Waals surface area contributed by atoms with E-state index in [1.165, 1.54) is 6.21 Å². The third kappa shape index (κ3) is 7.06. The molecule has 0 aliphatic heterocycles. The van der Waals surface area contributed by atoms with E-state index in [1.54, 1.807) is 49.4 Å². The van der Waals surface area contributed by atoms with Gasteiger partial charge in [0.05, 0.1) is 16.8 Å². The molecule has 0 saturated heterocycles. The quantitative estimate of drug-likeness (QED) is 0.107. The van der Waals surface area contributed by atoms with E-state index in [1.807, 2.05) is 54.6 Å². The molecule has 0 saturated carbocycles. The third-order valence-electron chi connectivity index (χ3n) is 5.29. The van der Waals surface area contributed by atoms with E-state index in [4.69, 9.17) is 21.1 Å². The van der Waals surface area contributed by atoms with Gasteiger partial charge in [-0.1, -0.05) is 82.1 Å². The van der Waals surface area contributed by atoms with Crippen molar-refractivity contribution in [3.05, 3.63) is 118 Å². The summed E-state index contributed by atoms with van der Waals surface area (Å²) in [6.07, 6.45) is 0.596. The summed E-state index contributed by atoms with van der Waals surface area (Å²) in [6.45, 7) is 1.63. The maximum Gasteiger partial charge on any atom is 0.345 e. The molecule has 0 radical (unpaired) electrons. The number of hydrogen-bond acceptors (Lipinski definition) is 5. The van der Waals surface area contributed by atoms with Gasteiger partial charge in [-0.25, -0.2) is 10.2 Å². The van der Waals surface area contributed by atoms with Gasteiger partial charge < -0.3 is 9.47 Å². The first kappa shape index (κ1) is 26.1. The first-order valence-corrected chi connectivity index (χ1v) is 12.5. The highest BCUT2D eigenvalue weighted by atomic mass is 79.9. The lowest BCUT2D eigenvalue weighted by Crippen LogP contribution is -2.33. The lowest BCUT2D eigenvalue weighted by atomic mass is 10.1. The van der Waals surface area contributed by atoms with Crippen molar-refractivity contribution >= 4 is 45.6 Å². The number of halogens is 2. The van der Waals surface area contributed by atoms with E-state index in [0.29, 0.717) is 11.3 Å². The van der Waals surface area contributed by atoms with Crippen LogP contribution in [0.2, 0.25) is 5.02 Å². The molecule has 1 atom stereocenters. The van der Waals surface area contributed by atoms with Crippen molar-refractivity contribution in [1.82, 2.24) is 5.43 Å². The zero-order valence-electron chi connectivity index (χ0n) is 19.7. The molecule has 0 bridgehead atoms. The predicted molar refractivity (Wildman–Crippen MR) is 148 cm³/mol. The fourth-order valence-electron chi connectivity index (χ4n) is 3.37. The lowest BCUT2D eigenvalue weighted by Gasteiger charge is -2.13. The number of nitrogens with one attached hydrogen (secondary N) is 1. The normalized spacial score (nSPS) is 11.6. The highest BCUT2D eigenvalue weighted by Gasteiger charge is 2.16. The van der Waals surface area contributed by atoms with Gasteiger partial charge in [-0.2, -0.15) is 5.10 Å². The van der Waals surface area contributed by atoms with Crippen molar-refractivity contribution in [2.45, 2.75) is 13.0 Å². The molecule has 4 aromatic rings. The van der Waals surface area contributed by atoms with Gasteiger partial charge in [-0.05, 0) is 60.5 Å². The number of hydrazone groups is 1. The van der Waals surface area contributed by atoms with E-state index in [2.05, 4.69) is 26.5 Å². The summed E-state index contributed by atoms with van der Waals surface area (Å²) < 4.78 is 12.0. The van der Waals surface area contributed by atoms with Gasteiger partial charge in [0.15, 0.2) is 6.10 Å². The molecule has 37 heavy (non-hydrogen) atoms. The highest BCUT2D eigenvalue weighted by molar-refractivity contribution is 9.10. The van der Waals surface area contributed by atoms with Crippen LogP contribution >= 0.6 is 27.5 Å². The van der Waals surface area contributed by atoms with Crippen LogP contribution in [0.4, 0.5) is 0 Å². The number of hydrogen-bond donors (Lipinski definition) is 1. The molecule has 1 amide bonds. The first-order chi connectivity index (χ1) is 17.9. The second-order valence-electron chi connectivity index (χ2n) is 7.94. The summed E-state index contributed by atoms with van der Waals surface area (Å²) in [6, 6.07) is 29.1. The van der Waals surface area contributed by atoms with Crippen LogP contribution in [-0.2, 0) is 4.79 Å². The van der Waals surface area contributed by atoms with Gasteiger partial charge >= 0.3 is 5.97 Å². The maximum atomic E-state index is 12.6. The number of ether oxygens (including phenoxy) is 2. The fourth-order valence-corrected chi connectivity index (χ4v) is 3.96. The van der Waals surface area contributed by atoms with Crippen LogP contribution in [0.25, 0.3) is 11.1 Å². The van der Waals surface area contributed by atoms with Gasteiger partial charge in [0.25, 0.3) is 5.91 Å². The molecular weight excluding hydrogens is 556 g/mol. The van der Waals surface area contributed by atoms with E-state index >= 15 is 0 Å². The van der Waals surface area contributed by atoms with E-state index in [-0.39, 0.29) is 16.3 Å². The smallest absolute Gasteiger partial charge is 0.345 e. The minimum absolute atomic E-state index is 0.242. The third-order valence-corrected chi connectivity index (χ3v) is 6.11. The van der Waals surface area contributed by atoms with Crippen LogP contribution in [0.3, 0.4) is 0 Å². The van der Waals surface area contributed by atoms with E-state index in [9.17, 15) is 9.59 Å². The Kier molecular flexibility index (Phi) is 8.72. The summed E-state index contributed by atoms with van der Waals surface area (Å²) >= 11 is 9.49. The second-order valence-corrected chi connectivity index (χ2v) is 9.26.